The average molecular weight is 303 g/mol. The Morgan fingerprint density at radius 3 is 2.47 bits per heavy atom. The van der Waals surface area contributed by atoms with Gasteiger partial charge in [-0.2, -0.15) is 4.31 Å². The molecule has 1 atom stereocenters. The summed E-state index contributed by atoms with van der Waals surface area (Å²) in [6.45, 7) is 0.198. The van der Waals surface area contributed by atoms with Gasteiger partial charge >= 0.3 is 0 Å². The maximum absolute atomic E-state index is 12.4. The van der Waals surface area contributed by atoms with Crippen molar-refractivity contribution >= 4 is 27.6 Å². The minimum Gasteiger partial charge on any atom is -0.548 e. The highest BCUT2D eigenvalue weighted by atomic mass is 35.5. The van der Waals surface area contributed by atoms with Gasteiger partial charge < -0.3 is 9.90 Å². The van der Waals surface area contributed by atoms with Crippen LogP contribution in [0.4, 0.5) is 0 Å². The van der Waals surface area contributed by atoms with Gasteiger partial charge in [0.25, 0.3) is 0 Å². The minimum absolute atomic E-state index is 0.0463. The zero-order valence-electron chi connectivity index (χ0n) is 10.1. The molecule has 0 amide bonds. The lowest BCUT2D eigenvalue weighted by Gasteiger charge is -2.35. The van der Waals surface area contributed by atoms with E-state index in [0.29, 0.717) is 17.9 Å². The van der Waals surface area contributed by atoms with E-state index in [-0.39, 0.29) is 17.9 Å². The summed E-state index contributed by atoms with van der Waals surface area (Å²) in [6.07, 6.45) is 1.62. The maximum atomic E-state index is 12.4. The van der Waals surface area contributed by atoms with Gasteiger partial charge in [0.2, 0.25) is 10.0 Å². The van der Waals surface area contributed by atoms with E-state index in [1.165, 1.54) is 24.3 Å². The SMILES string of the molecule is O=C([O-])C1CCCCN1S(=O)(=O)c1ccc(Cl)cc1. The summed E-state index contributed by atoms with van der Waals surface area (Å²) < 4.78 is 25.8. The van der Waals surface area contributed by atoms with Crippen LogP contribution < -0.4 is 5.11 Å². The third-order valence-corrected chi connectivity index (χ3v) is 5.32. The lowest BCUT2D eigenvalue weighted by atomic mass is 10.1. The zero-order valence-corrected chi connectivity index (χ0v) is 11.7. The molecule has 0 bridgehead atoms. The molecule has 5 nitrogen and oxygen atoms in total. The molecule has 1 unspecified atom stereocenters. The molecule has 1 aliphatic rings. The molecule has 1 aromatic rings. The van der Waals surface area contributed by atoms with Crippen molar-refractivity contribution in [2.75, 3.05) is 6.54 Å². The van der Waals surface area contributed by atoms with Crippen molar-refractivity contribution in [3.8, 4) is 0 Å². The predicted molar refractivity (Wildman–Crippen MR) is 68.0 cm³/mol. The highest BCUT2D eigenvalue weighted by Crippen LogP contribution is 2.25. The van der Waals surface area contributed by atoms with Crippen molar-refractivity contribution in [1.82, 2.24) is 4.31 Å². The standard InChI is InChI=1S/C12H14ClNO4S/c13-9-4-6-10(7-5-9)19(17,18)14-8-2-1-3-11(14)12(15)16/h4-7,11H,1-3,8H2,(H,15,16)/p-1. The summed E-state index contributed by atoms with van der Waals surface area (Å²) in [5.74, 6) is -1.35. The van der Waals surface area contributed by atoms with Gasteiger partial charge in [-0.1, -0.05) is 18.0 Å². The second-order valence-electron chi connectivity index (χ2n) is 4.40. The van der Waals surface area contributed by atoms with Gasteiger partial charge in [-0.05, 0) is 37.1 Å². The van der Waals surface area contributed by atoms with Crippen LogP contribution in [0, 0.1) is 0 Å². The molecule has 2 rings (SSSR count). The van der Waals surface area contributed by atoms with E-state index in [1.54, 1.807) is 0 Å². The maximum Gasteiger partial charge on any atom is 0.243 e. The Hall–Kier alpha value is -1.11. The minimum atomic E-state index is -3.82. The third kappa shape index (κ3) is 2.91. The molecule has 0 aliphatic carbocycles. The van der Waals surface area contributed by atoms with Crippen LogP contribution in [-0.2, 0) is 14.8 Å². The number of carboxylic acids is 1. The number of sulfonamides is 1. The van der Waals surface area contributed by atoms with Gasteiger partial charge in [0, 0.05) is 11.6 Å². The Morgan fingerprint density at radius 2 is 1.89 bits per heavy atom. The van der Waals surface area contributed by atoms with Gasteiger partial charge in [-0.25, -0.2) is 8.42 Å². The number of nitrogens with zero attached hydrogens (tertiary/aromatic N) is 1. The molecule has 1 aromatic carbocycles. The quantitative estimate of drug-likeness (QED) is 0.820. The van der Waals surface area contributed by atoms with Gasteiger partial charge in [-0.15, -0.1) is 0 Å². The van der Waals surface area contributed by atoms with E-state index in [2.05, 4.69) is 0 Å². The second-order valence-corrected chi connectivity index (χ2v) is 6.73. The van der Waals surface area contributed by atoms with Crippen LogP contribution in [-0.4, -0.2) is 31.3 Å². The molecule has 1 fully saturated rings. The number of aliphatic carboxylic acids is 1. The Morgan fingerprint density at radius 1 is 1.26 bits per heavy atom. The third-order valence-electron chi connectivity index (χ3n) is 3.15. The topological polar surface area (TPSA) is 77.5 Å². The number of hydrogen-bond donors (Lipinski definition) is 0. The lowest BCUT2D eigenvalue weighted by Crippen LogP contribution is -2.52. The number of carbonyl (C=O) groups excluding carboxylic acids is 1. The van der Waals surface area contributed by atoms with Gasteiger partial charge in [0.15, 0.2) is 0 Å². The normalized spacial score (nSPS) is 21.2. The first-order valence-corrected chi connectivity index (χ1v) is 7.73. The van der Waals surface area contributed by atoms with Crippen molar-refractivity contribution in [2.45, 2.75) is 30.2 Å². The molecule has 104 valence electrons. The number of halogens is 1. The van der Waals surface area contributed by atoms with E-state index in [1.807, 2.05) is 0 Å². The number of carbonyl (C=O) groups is 1. The predicted octanol–water partition coefficient (Wildman–Crippen LogP) is 0.633. The summed E-state index contributed by atoms with van der Waals surface area (Å²) in [7, 11) is -3.82. The summed E-state index contributed by atoms with van der Waals surface area (Å²) >= 11 is 5.71. The van der Waals surface area contributed by atoms with Gasteiger partial charge in [0.1, 0.15) is 0 Å². The van der Waals surface area contributed by atoms with Crippen molar-refractivity contribution in [3.63, 3.8) is 0 Å². The van der Waals surface area contributed by atoms with Crippen LogP contribution in [0.2, 0.25) is 5.02 Å². The van der Waals surface area contributed by atoms with E-state index in [0.717, 1.165) is 4.31 Å². The molecular formula is C12H13ClNO4S-. The van der Waals surface area contributed by atoms with E-state index in [9.17, 15) is 18.3 Å². The first-order valence-electron chi connectivity index (χ1n) is 5.91. The van der Waals surface area contributed by atoms with Crippen LogP contribution in [0.25, 0.3) is 0 Å². The largest absolute Gasteiger partial charge is 0.548 e. The molecule has 19 heavy (non-hydrogen) atoms. The van der Waals surface area contributed by atoms with E-state index < -0.39 is 22.0 Å². The first kappa shape index (κ1) is 14.3. The molecule has 0 N–H and O–H groups in total. The number of carboxylic acid groups (broad SMARTS) is 1. The van der Waals surface area contributed by atoms with Crippen LogP contribution in [0.1, 0.15) is 19.3 Å². The first-order chi connectivity index (χ1) is 8.93. The van der Waals surface area contributed by atoms with Crippen LogP contribution in [0.15, 0.2) is 29.2 Å². The van der Waals surface area contributed by atoms with Crippen molar-refractivity contribution in [2.24, 2.45) is 0 Å². The molecule has 1 heterocycles. The molecular weight excluding hydrogens is 290 g/mol. The number of hydrogen-bond acceptors (Lipinski definition) is 4. The molecule has 1 aliphatic heterocycles. The highest BCUT2D eigenvalue weighted by molar-refractivity contribution is 7.89. The highest BCUT2D eigenvalue weighted by Gasteiger charge is 2.34. The molecule has 0 spiro atoms. The number of benzene rings is 1. The Bertz CT molecular complexity index is 570. The zero-order chi connectivity index (χ0) is 14.0. The monoisotopic (exact) mass is 302 g/mol. The fraction of sp³-hybridized carbons (Fsp3) is 0.417. The second kappa shape index (κ2) is 5.48. The summed E-state index contributed by atoms with van der Waals surface area (Å²) in [5, 5.41) is 11.5. The molecule has 0 aromatic heterocycles. The Kier molecular flexibility index (Phi) is 4.13. The van der Waals surface area contributed by atoms with Crippen molar-refractivity contribution in [3.05, 3.63) is 29.3 Å². The molecule has 0 saturated carbocycles. The number of rotatable bonds is 3. The van der Waals surface area contributed by atoms with Gasteiger partial charge in [-0.3, -0.25) is 0 Å². The molecule has 0 radical (unpaired) electrons. The average Bonchev–Trinajstić information content (AvgIpc) is 2.39. The Balaban J connectivity index is 2.37. The number of piperidine rings is 1. The van der Waals surface area contributed by atoms with E-state index >= 15 is 0 Å². The van der Waals surface area contributed by atoms with Crippen molar-refractivity contribution < 1.29 is 18.3 Å². The van der Waals surface area contributed by atoms with Crippen LogP contribution in [0.3, 0.4) is 0 Å². The van der Waals surface area contributed by atoms with E-state index in [4.69, 9.17) is 11.6 Å². The fourth-order valence-corrected chi connectivity index (χ4v) is 3.94. The van der Waals surface area contributed by atoms with Crippen LogP contribution in [0.5, 0.6) is 0 Å². The smallest absolute Gasteiger partial charge is 0.243 e. The summed E-state index contributed by atoms with van der Waals surface area (Å²) in [4.78, 5) is 11.1. The summed E-state index contributed by atoms with van der Waals surface area (Å²) in [6, 6.07) is 4.59. The Labute approximate surface area is 116 Å². The lowest BCUT2D eigenvalue weighted by molar-refractivity contribution is -0.311. The summed E-state index contributed by atoms with van der Waals surface area (Å²) in [5.41, 5.74) is 0. The molecule has 7 heteroatoms. The van der Waals surface area contributed by atoms with Gasteiger partial charge in [0.05, 0.1) is 16.9 Å². The molecule has 1 saturated heterocycles. The van der Waals surface area contributed by atoms with Crippen LogP contribution >= 0.6 is 11.6 Å². The fourth-order valence-electron chi connectivity index (χ4n) is 2.17. The van der Waals surface area contributed by atoms with Crippen molar-refractivity contribution in [1.29, 1.82) is 0 Å².